The third kappa shape index (κ3) is 2.83. The van der Waals surface area contributed by atoms with Crippen molar-refractivity contribution in [2.24, 2.45) is 11.7 Å². The predicted octanol–water partition coefficient (Wildman–Crippen LogP) is 2.50. The van der Waals surface area contributed by atoms with Gasteiger partial charge in [-0.25, -0.2) is 4.98 Å². The van der Waals surface area contributed by atoms with E-state index in [-0.39, 0.29) is 6.04 Å². The highest BCUT2D eigenvalue weighted by Crippen LogP contribution is 2.21. The zero-order valence-electron chi connectivity index (χ0n) is 11.2. The van der Waals surface area contributed by atoms with Crippen LogP contribution in [0.25, 0.3) is 10.9 Å². The van der Waals surface area contributed by atoms with Crippen LogP contribution < -0.4 is 11.1 Å². The maximum absolute atomic E-state index is 9.24. The Bertz CT molecular complexity index is 613. The molecule has 4 nitrogen and oxygen atoms in total. The molecule has 3 N–H and O–H groups in total. The summed E-state index contributed by atoms with van der Waals surface area (Å²) in [6, 6.07) is 11.9. The van der Waals surface area contributed by atoms with E-state index in [0.29, 0.717) is 23.8 Å². The highest BCUT2D eigenvalue weighted by molar-refractivity contribution is 5.82. The van der Waals surface area contributed by atoms with Crippen LogP contribution in [0.1, 0.15) is 19.4 Å². The Morgan fingerprint density at radius 2 is 2.11 bits per heavy atom. The van der Waals surface area contributed by atoms with Crippen LogP contribution in [0.5, 0.6) is 0 Å². The van der Waals surface area contributed by atoms with E-state index in [1.807, 2.05) is 30.3 Å². The minimum atomic E-state index is 0.112. The maximum Gasteiger partial charge on any atom is 0.144 e. The molecule has 98 valence electrons. The Hall–Kier alpha value is -2.12. The predicted molar refractivity (Wildman–Crippen MR) is 77.8 cm³/mol. The first kappa shape index (κ1) is 13.3. The van der Waals surface area contributed by atoms with Gasteiger partial charge in [0.05, 0.1) is 11.1 Å². The summed E-state index contributed by atoms with van der Waals surface area (Å²) in [5.74, 6) is 0.996. The van der Waals surface area contributed by atoms with Gasteiger partial charge in [0, 0.05) is 18.0 Å². The SMILES string of the molecule is CC(C)C(CN)Nc1nc2ccccc2cc1C#N. The quantitative estimate of drug-likeness (QED) is 0.879. The third-order valence-corrected chi connectivity index (χ3v) is 3.23. The van der Waals surface area contributed by atoms with Crippen LogP contribution in [-0.2, 0) is 0 Å². The molecule has 0 aliphatic heterocycles. The summed E-state index contributed by atoms with van der Waals surface area (Å²) in [4.78, 5) is 4.53. The third-order valence-electron chi connectivity index (χ3n) is 3.23. The Morgan fingerprint density at radius 1 is 1.37 bits per heavy atom. The Kier molecular flexibility index (Phi) is 3.98. The molecule has 0 saturated carbocycles. The summed E-state index contributed by atoms with van der Waals surface area (Å²) in [5, 5.41) is 13.5. The molecule has 19 heavy (non-hydrogen) atoms. The van der Waals surface area contributed by atoms with Crippen molar-refractivity contribution in [3.05, 3.63) is 35.9 Å². The first-order valence-electron chi connectivity index (χ1n) is 6.42. The number of para-hydroxylation sites is 1. The molecule has 1 atom stereocenters. The summed E-state index contributed by atoms with van der Waals surface area (Å²) in [5.41, 5.74) is 7.18. The lowest BCUT2D eigenvalue weighted by molar-refractivity contribution is 0.530. The van der Waals surface area contributed by atoms with E-state index in [0.717, 1.165) is 10.9 Å². The molecule has 0 bridgehead atoms. The Morgan fingerprint density at radius 3 is 2.74 bits per heavy atom. The van der Waals surface area contributed by atoms with Crippen molar-refractivity contribution in [1.29, 1.82) is 5.26 Å². The number of rotatable bonds is 4. The van der Waals surface area contributed by atoms with Crippen molar-refractivity contribution in [3.63, 3.8) is 0 Å². The number of nitrogens with one attached hydrogen (secondary N) is 1. The molecule has 0 spiro atoms. The molecule has 0 amide bonds. The molecule has 0 aliphatic carbocycles. The van der Waals surface area contributed by atoms with E-state index < -0.39 is 0 Å². The summed E-state index contributed by atoms with van der Waals surface area (Å²) in [7, 11) is 0. The molecule has 2 rings (SSSR count). The fourth-order valence-corrected chi connectivity index (χ4v) is 1.98. The van der Waals surface area contributed by atoms with Crippen molar-refractivity contribution < 1.29 is 0 Å². The number of nitriles is 1. The summed E-state index contributed by atoms with van der Waals surface area (Å²) < 4.78 is 0. The van der Waals surface area contributed by atoms with Crippen LogP contribution in [0.3, 0.4) is 0 Å². The first-order chi connectivity index (χ1) is 9.15. The first-order valence-corrected chi connectivity index (χ1v) is 6.42. The summed E-state index contributed by atoms with van der Waals surface area (Å²) >= 11 is 0. The van der Waals surface area contributed by atoms with Crippen LogP contribution >= 0.6 is 0 Å². The molecule has 1 heterocycles. The van der Waals surface area contributed by atoms with E-state index in [2.05, 4.69) is 30.2 Å². The van der Waals surface area contributed by atoms with Crippen LogP contribution in [-0.4, -0.2) is 17.6 Å². The largest absolute Gasteiger partial charge is 0.365 e. The van der Waals surface area contributed by atoms with Crippen LogP contribution in [0, 0.1) is 17.2 Å². The van der Waals surface area contributed by atoms with Gasteiger partial charge in [-0.15, -0.1) is 0 Å². The van der Waals surface area contributed by atoms with Crippen LogP contribution in [0.2, 0.25) is 0 Å². The van der Waals surface area contributed by atoms with Crippen LogP contribution in [0.15, 0.2) is 30.3 Å². The Labute approximate surface area is 113 Å². The number of nitrogens with two attached hydrogens (primary N) is 1. The lowest BCUT2D eigenvalue weighted by Crippen LogP contribution is -2.34. The average molecular weight is 254 g/mol. The van der Waals surface area contributed by atoms with E-state index in [1.165, 1.54) is 0 Å². The second-order valence-corrected chi connectivity index (χ2v) is 4.92. The van der Waals surface area contributed by atoms with Gasteiger partial charge in [-0.05, 0) is 18.1 Å². The van der Waals surface area contributed by atoms with Crippen molar-refractivity contribution in [3.8, 4) is 6.07 Å². The molecule has 4 heteroatoms. The molecule has 0 radical (unpaired) electrons. The molecule has 1 aromatic carbocycles. The van der Waals surface area contributed by atoms with Gasteiger partial charge >= 0.3 is 0 Å². The van der Waals surface area contributed by atoms with E-state index in [9.17, 15) is 5.26 Å². The summed E-state index contributed by atoms with van der Waals surface area (Å²) in [6.45, 7) is 4.70. The van der Waals surface area contributed by atoms with E-state index in [1.54, 1.807) is 0 Å². The minimum Gasteiger partial charge on any atom is -0.365 e. The second-order valence-electron chi connectivity index (χ2n) is 4.92. The molecule has 0 aliphatic rings. The minimum absolute atomic E-state index is 0.112. The molecule has 2 aromatic rings. The smallest absolute Gasteiger partial charge is 0.144 e. The normalized spacial score (nSPS) is 12.4. The number of hydrogen-bond acceptors (Lipinski definition) is 4. The molecule has 0 fully saturated rings. The number of pyridine rings is 1. The fraction of sp³-hybridized carbons (Fsp3) is 0.333. The van der Waals surface area contributed by atoms with Crippen molar-refractivity contribution in [1.82, 2.24) is 4.98 Å². The van der Waals surface area contributed by atoms with E-state index in [4.69, 9.17) is 5.73 Å². The molecule has 1 aromatic heterocycles. The topological polar surface area (TPSA) is 74.7 Å². The van der Waals surface area contributed by atoms with Gasteiger partial charge in [-0.1, -0.05) is 32.0 Å². The van der Waals surface area contributed by atoms with Gasteiger partial charge in [0.25, 0.3) is 0 Å². The highest BCUT2D eigenvalue weighted by Gasteiger charge is 2.14. The highest BCUT2D eigenvalue weighted by atomic mass is 15.0. The number of fused-ring (bicyclic) bond motifs is 1. The number of aromatic nitrogens is 1. The maximum atomic E-state index is 9.24. The molecule has 0 saturated heterocycles. The molecular formula is C15H18N4. The number of nitrogens with zero attached hydrogens (tertiary/aromatic N) is 2. The zero-order chi connectivity index (χ0) is 13.8. The van der Waals surface area contributed by atoms with Crippen molar-refractivity contribution in [2.45, 2.75) is 19.9 Å². The molecule has 1 unspecified atom stereocenters. The van der Waals surface area contributed by atoms with Gasteiger partial charge in [-0.3, -0.25) is 0 Å². The van der Waals surface area contributed by atoms with Crippen molar-refractivity contribution in [2.75, 3.05) is 11.9 Å². The lowest BCUT2D eigenvalue weighted by atomic mass is 10.0. The van der Waals surface area contributed by atoms with Crippen molar-refractivity contribution >= 4 is 16.7 Å². The molecular weight excluding hydrogens is 236 g/mol. The zero-order valence-corrected chi connectivity index (χ0v) is 11.2. The number of anilines is 1. The summed E-state index contributed by atoms with van der Waals surface area (Å²) in [6.07, 6.45) is 0. The van der Waals surface area contributed by atoms with Gasteiger partial charge < -0.3 is 11.1 Å². The second kappa shape index (κ2) is 5.68. The lowest BCUT2D eigenvalue weighted by Gasteiger charge is -2.21. The van der Waals surface area contributed by atoms with E-state index >= 15 is 0 Å². The average Bonchev–Trinajstić information content (AvgIpc) is 2.43. The van der Waals surface area contributed by atoms with Gasteiger partial charge in [0.1, 0.15) is 11.9 Å². The standard InChI is InChI=1S/C15H18N4/c1-10(2)14(9-17)19-15-12(8-16)7-11-5-3-4-6-13(11)18-15/h3-7,10,14H,9,17H2,1-2H3,(H,18,19). The number of benzene rings is 1. The van der Waals surface area contributed by atoms with Gasteiger partial charge in [-0.2, -0.15) is 5.26 Å². The fourth-order valence-electron chi connectivity index (χ4n) is 1.98. The van der Waals surface area contributed by atoms with Gasteiger partial charge in [0.2, 0.25) is 0 Å². The number of hydrogen-bond donors (Lipinski definition) is 2. The van der Waals surface area contributed by atoms with Crippen LogP contribution in [0.4, 0.5) is 5.82 Å². The monoisotopic (exact) mass is 254 g/mol. The van der Waals surface area contributed by atoms with Gasteiger partial charge in [0.15, 0.2) is 0 Å². The Balaban J connectivity index is 2.44.